The molecule has 2 aromatic rings. The number of hydrogen-bond donors (Lipinski definition) is 1. The third-order valence-corrected chi connectivity index (χ3v) is 7.76. The lowest BCUT2D eigenvalue weighted by molar-refractivity contribution is 0.0464. The van der Waals surface area contributed by atoms with Crippen LogP contribution in [-0.2, 0) is 0 Å². The van der Waals surface area contributed by atoms with E-state index < -0.39 is 0 Å². The van der Waals surface area contributed by atoms with Crippen molar-refractivity contribution in [1.82, 2.24) is 9.88 Å². The molecular formula is C23H24N2O2. The Labute approximate surface area is 159 Å². The molecule has 1 aromatic heterocycles. The summed E-state index contributed by atoms with van der Waals surface area (Å²) in [6.45, 7) is 1.86. The average molecular weight is 360 g/mol. The first kappa shape index (κ1) is 15.7. The number of likely N-dealkylation sites (tertiary alicyclic amines) is 1. The van der Waals surface area contributed by atoms with Crippen LogP contribution in [0.4, 0.5) is 0 Å². The smallest absolute Gasteiger partial charge is 0.272 e. The van der Waals surface area contributed by atoms with Crippen molar-refractivity contribution in [2.45, 2.75) is 19.3 Å². The van der Waals surface area contributed by atoms with Gasteiger partial charge in [0.05, 0.1) is 5.69 Å². The van der Waals surface area contributed by atoms with Gasteiger partial charge in [-0.25, -0.2) is 4.98 Å². The molecule has 0 radical (unpaired) electrons. The van der Waals surface area contributed by atoms with Crippen LogP contribution in [0.3, 0.4) is 0 Å². The number of phenols is 1. The predicted octanol–water partition coefficient (Wildman–Crippen LogP) is 3.82. The minimum absolute atomic E-state index is 0.0816. The highest BCUT2D eigenvalue weighted by atomic mass is 16.3. The zero-order chi connectivity index (χ0) is 18.1. The molecular weight excluding hydrogens is 336 g/mol. The van der Waals surface area contributed by atoms with Crippen LogP contribution in [0.1, 0.15) is 29.8 Å². The van der Waals surface area contributed by atoms with Crippen LogP contribution in [0, 0.1) is 35.5 Å². The van der Waals surface area contributed by atoms with Crippen LogP contribution in [0.25, 0.3) is 11.3 Å². The normalized spacial score (nSPS) is 35.6. The SMILES string of the molecule is O=C(c1cccc(-c2ccc(O)cc2)n1)N1CC2C3CCC(C4CC34)C2C1. The fourth-order valence-corrected chi connectivity index (χ4v) is 6.53. The van der Waals surface area contributed by atoms with Crippen LogP contribution in [0.2, 0.25) is 0 Å². The Hall–Kier alpha value is -2.36. The lowest BCUT2D eigenvalue weighted by atomic mass is 9.60. The van der Waals surface area contributed by atoms with E-state index in [4.69, 9.17) is 0 Å². The highest BCUT2D eigenvalue weighted by Crippen LogP contribution is 2.67. The van der Waals surface area contributed by atoms with Gasteiger partial charge >= 0.3 is 0 Å². The summed E-state index contributed by atoms with van der Waals surface area (Å²) in [5.41, 5.74) is 2.23. The van der Waals surface area contributed by atoms with Gasteiger partial charge in [-0.2, -0.15) is 0 Å². The van der Waals surface area contributed by atoms with Crippen molar-refractivity contribution in [2.24, 2.45) is 35.5 Å². The number of nitrogens with zero attached hydrogens (tertiary/aromatic N) is 2. The number of hydrogen-bond acceptors (Lipinski definition) is 3. The number of fused-ring (bicyclic) bond motifs is 1. The molecule has 4 aliphatic carbocycles. The maximum absolute atomic E-state index is 13.2. The first-order valence-electron chi connectivity index (χ1n) is 10.2. The summed E-state index contributed by atoms with van der Waals surface area (Å²) >= 11 is 0. The van der Waals surface area contributed by atoms with Crippen molar-refractivity contribution < 1.29 is 9.90 Å². The van der Waals surface area contributed by atoms with Gasteiger partial charge in [0, 0.05) is 18.7 Å². The van der Waals surface area contributed by atoms with Gasteiger partial charge in [0.1, 0.15) is 11.4 Å². The van der Waals surface area contributed by atoms with Crippen molar-refractivity contribution in [3.05, 3.63) is 48.2 Å². The van der Waals surface area contributed by atoms with Gasteiger partial charge in [-0.3, -0.25) is 4.79 Å². The van der Waals surface area contributed by atoms with Crippen LogP contribution in [0.15, 0.2) is 42.5 Å². The molecule has 2 bridgehead atoms. The molecule has 1 saturated heterocycles. The van der Waals surface area contributed by atoms with E-state index in [-0.39, 0.29) is 11.7 Å². The van der Waals surface area contributed by atoms with E-state index in [1.165, 1.54) is 19.3 Å². The summed E-state index contributed by atoms with van der Waals surface area (Å²) in [5, 5.41) is 9.48. The molecule has 0 spiro atoms. The van der Waals surface area contributed by atoms with Crippen molar-refractivity contribution in [3.63, 3.8) is 0 Å². The third-order valence-electron chi connectivity index (χ3n) is 7.76. The monoisotopic (exact) mass is 360 g/mol. The Kier molecular flexibility index (Phi) is 3.23. The Bertz CT molecular complexity index is 885. The Morgan fingerprint density at radius 1 is 0.889 bits per heavy atom. The van der Waals surface area contributed by atoms with E-state index in [9.17, 15) is 9.90 Å². The quantitative estimate of drug-likeness (QED) is 0.886. The summed E-state index contributed by atoms with van der Waals surface area (Å²) < 4.78 is 0. The van der Waals surface area contributed by atoms with Gasteiger partial charge in [0.2, 0.25) is 0 Å². The van der Waals surface area contributed by atoms with Crippen LogP contribution >= 0.6 is 0 Å². The molecule has 5 fully saturated rings. The van der Waals surface area contributed by atoms with Crippen molar-refractivity contribution in [2.75, 3.05) is 13.1 Å². The van der Waals surface area contributed by atoms with Crippen LogP contribution < -0.4 is 0 Å². The Morgan fingerprint density at radius 2 is 1.56 bits per heavy atom. The van der Waals surface area contributed by atoms with Gasteiger partial charge in [-0.1, -0.05) is 6.07 Å². The molecule has 1 amide bonds. The maximum Gasteiger partial charge on any atom is 0.272 e. The summed E-state index contributed by atoms with van der Waals surface area (Å²) in [4.78, 5) is 19.9. The maximum atomic E-state index is 13.2. The first-order valence-corrected chi connectivity index (χ1v) is 10.2. The minimum Gasteiger partial charge on any atom is -0.508 e. The van der Waals surface area contributed by atoms with E-state index in [2.05, 4.69) is 9.88 Å². The van der Waals surface area contributed by atoms with Crippen molar-refractivity contribution in [1.29, 1.82) is 0 Å². The second-order valence-corrected chi connectivity index (χ2v) is 8.96. The molecule has 6 unspecified atom stereocenters. The molecule has 7 rings (SSSR count). The highest BCUT2D eigenvalue weighted by Gasteiger charge is 2.63. The number of phenolic OH excluding ortho intramolecular Hbond substituents is 1. The van der Waals surface area contributed by atoms with E-state index in [1.807, 2.05) is 30.3 Å². The van der Waals surface area contributed by atoms with Gasteiger partial charge in [0.25, 0.3) is 5.91 Å². The minimum atomic E-state index is 0.0816. The topological polar surface area (TPSA) is 53.4 Å². The zero-order valence-corrected chi connectivity index (χ0v) is 15.3. The van der Waals surface area contributed by atoms with E-state index in [0.717, 1.165) is 59.9 Å². The van der Waals surface area contributed by atoms with E-state index >= 15 is 0 Å². The second kappa shape index (κ2) is 5.57. The average Bonchev–Trinajstić information content (AvgIpc) is 3.40. The molecule has 138 valence electrons. The fraction of sp³-hybridized carbons (Fsp3) is 0.478. The number of aromatic nitrogens is 1. The van der Waals surface area contributed by atoms with E-state index in [0.29, 0.717) is 5.69 Å². The fourth-order valence-electron chi connectivity index (χ4n) is 6.53. The van der Waals surface area contributed by atoms with Crippen LogP contribution in [0.5, 0.6) is 5.75 Å². The lowest BCUT2D eigenvalue weighted by Crippen LogP contribution is -2.40. The van der Waals surface area contributed by atoms with Crippen molar-refractivity contribution in [3.8, 4) is 17.0 Å². The van der Waals surface area contributed by atoms with Crippen LogP contribution in [-0.4, -0.2) is 34.0 Å². The number of amides is 1. The van der Waals surface area contributed by atoms with Gasteiger partial charge in [-0.15, -0.1) is 0 Å². The van der Waals surface area contributed by atoms with Gasteiger partial charge in [-0.05, 0) is 91.2 Å². The summed E-state index contributed by atoms with van der Waals surface area (Å²) in [6.07, 6.45) is 4.25. The molecule has 6 atom stereocenters. The second-order valence-electron chi connectivity index (χ2n) is 8.96. The zero-order valence-electron chi connectivity index (χ0n) is 15.3. The molecule has 4 saturated carbocycles. The number of aromatic hydroxyl groups is 1. The molecule has 27 heavy (non-hydrogen) atoms. The third kappa shape index (κ3) is 2.35. The van der Waals surface area contributed by atoms with Gasteiger partial charge < -0.3 is 10.0 Å². The summed E-state index contributed by atoms with van der Waals surface area (Å²) in [7, 11) is 0. The summed E-state index contributed by atoms with van der Waals surface area (Å²) in [6, 6.07) is 12.6. The molecule has 1 aromatic carbocycles. The molecule has 1 aliphatic heterocycles. The lowest BCUT2D eigenvalue weighted by Gasteiger charge is -2.44. The Balaban J connectivity index is 1.25. The first-order chi connectivity index (χ1) is 13.2. The standard InChI is InChI=1S/C23H24N2O2/c26-14-6-4-13(5-7-14)21-2-1-3-22(24-21)23(27)25-11-19-15-8-9-16(20(19)12-25)18-10-17(15)18/h1-7,15-20,26H,8-12H2. The van der Waals surface area contributed by atoms with E-state index in [1.54, 1.807) is 12.1 Å². The molecule has 4 heteroatoms. The molecule has 5 aliphatic rings. The number of carbonyl (C=O) groups excluding carboxylic acids is 1. The highest BCUT2D eigenvalue weighted by molar-refractivity contribution is 5.93. The number of pyridine rings is 1. The number of carbonyl (C=O) groups is 1. The summed E-state index contributed by atoms with van der Waals surface area (Å²) in [5.74, 6) is 5.50. The number of rotatable bonds is 2. The largest absolute Gasteiger partial charge is 0.508 e. The molecule has 4 nitrogen and oxygen atoms in total. The predicted molar refractivity (Wildman–Crippen MR) is 102 cm³/mol. The molecule has 2 heterocycles. The number of benzene rings is 1. The van der Waals surface area contributed by atoms with Crippen molar-refractivity contribution >= 4 is 5.91 Å². The Morgan fingerprint density at radius 3 is 2.22 bits per heavy atom. The van der Waals surface area contributed by atoms with Gasteiger partial charge in [0.15, 0.2) is 0 Å². The molecule has 1 N–H and O–H groups in total.